The third-order valence-electron chi connectivity index (χ3n) is 6.15. The maximum Gasteiger partial charge on any atom is 0.274 e. The number of anilines is 1. The molecule has 7 heteroatoms. The molecule has 0 spiro atoms. The second kappa shape index (κ2) is 6.83. The Morgan fingerprint density at radius 1 is 1.03 bits per heavy atom. The summed E-state index contributed by atoms with van der Waals surface area (Å²) in [6, 6.07) is 8.68. The monoisotopic (exact) mass is 390 g/mol. The van der Waals surface area contributed by atoms with E-state index in [4.69, 9.17) is 4.98 Å². The molecular weight excluding hydrogens is 364 g/mol. The number of para-hydroxylation sites is 2. The molecule has 2 saturated heterocycles. The first kappa shape index (κ1) is 18.1. The predicted octanol–water partition coefficient (Wildman–Crippen LogP) is 2.92. The van der Waals surface area contributed by atoms with E-state index in [0.717, 1.165) is 43.3 Å². The van der Waals surface area contributed by atoms with Crippen molar-refractivity contribution in [2.24, 2.45) is 11.8 Å². The van der Waals surface area contributed by atoms with E-state index >= 15 is 0 Å². The number of hydrogen-bond donors (Lipinski definition) is 0. The fourth-order valence-corrected chi connectivity index (χ4v) is 4.75. The van der Waals surface area contributed by atoms with Crippen LogP contribution in [-0.2, 0) is 0 Å². The number of nitrogens with zero attached hydrogens (tertiary/aromatic N) is 6. The summed E-state index contributed by atoms with van der Waals surface area (Å²) in [6.45, 7) is 9.71. The van der Waals surface area contributed by atoms with Crippen molar-refractivity contribution in [3.8, 4) is 0 Å². The molecule has 5 rings (SSSR count). The largest absolute Gasteiger partial charge is 0.342 e. The zero-order valence-electron chi connectivity index (χ0n) is 17.1. The second-order valence-electron chi connectivity index (χ2n) is 8.54. The molecule has 7 nitrogen and oxygen atoms in total. The molecule has 1 aromatic carbocycles. The van der Waals surface area contributed by atoms with E-state index in [1.807, 2.05) is 17.9 Å². The minimum Gasteiger partial charge on any atom is -0.342 e. The van der Waals surface area contributed by atoms with E-state index in [-0.39, 0.29) is 5.91 Å². The lowest BCUT2D eigenvalue weighted by atomic mass is 10.0. The molecule has 0 saturated carbocycles. The van der Waals surface area contributed by atoms with Gasteiger partial charge in [0.1, 0.15) is 5.69 Å². The fraction of sp³-hybridized carbons (Fsp3) is 0.455. The molecule has 4 heterocycles. The van der Waals surface area contributed by atoms with Gasteiger partial charge < -0.3 is 14.4 Å². The number of carbonyl (C=O) groups is 1. The van der Waals surface area contributed by atoms with Gasteiger partial charge >= 0.3 is 0 Å². The van der Waals surface area contributed by atoms with E-state index < -0.39 is 0 Å². The molecule has 0 radical (unpaired) electrons. The number of aryl methyl sites for hydroxylation is 1. The van der Waals surface area contributed by atoms with Crippen LogP contribution in [0.25, 0.3) is 11.0 Å². The van der Waals surface area contributed by atoms with Gasteiger partial charge in [0.2, 0.25) is 5.95 Å². The Morgan fingerprint density at radius 2 is 1.76 bits per heavy atom. The molecule has 2 unspecified atom stereocenters. The molecule has 150 valence electrons. The maximum atomic E-state index is 12.8. The van der Waals surface area contributed by atoms with Gasteiger partial charge in [-0.25, -0.2) is 9.97 Å². The van der Waals surface area contributed by atoms with Gasteiger partial charge in [-0.15, -0.1) is 0 Å². The number of hydrogen-bond acceptors (Lipinski definition) is 5. The molecule has 2 aliphatic heterocycles. The SMILES string of the molecule is Cc1cnc(C(=O)N2CC3CN(c4nc5ccccc5n4C(C)C)CC3C2)cn1. The smallest absolute Gasteiger partial charge is 0.274 e. The van der Waals surface area contributed by atoms with Gasteiger partial charge in [0, 0.05) is 50.3 Å². The van der Waals surface area contributed by atoms with Gasteiger partial charge in [-0.1, -0.05) is 12.1 Å². The topological polar surface area (TPSA) is 67.2 Å². The Morgan fingerprint density at radius 3 is 2.41 bits per heavy atom. The van der Waals surface area contributed by atoms with Gasteiger partial charge in [0.25, 0.3) is 5.91 Å². The van der Waals surface area contributed by atoms with Gasteiger partial charge in [0.05, 0.1) is 22.9 Å². The number of fused-ring (bicyclic) bond motifs is 2. The number of amides is 1. The molecule has 2 atom stereocenters. The van der Waals surface area contributed by atoms with Crippen molar-refractivity contribution in [1.29, 1.82) is 0 Å². The van der Waals surface area contributed by atoms with Crippen molar-refractivity contribution in [3.05, 3.63) is 48.0 Å². The fourth-order valence-electron chi connectivity index (χ4n) is 4.75. The van der Waals surface area contributed by atoms with Crippen LogP contribution in [0.5, 0.6) is 0 Å². The summed E-state index contributed by atoms with van der Waals surface area (Å²) in [6.07, 6.45) is 3.24. The highest BCUT2D eigenvalue weighted by Gasteiger charge is 2.43. The summed E-state index contributed by atoms with van der Waals surface area (Å²) in [5.74, 6) is 1.99. The molecule has 1 amide bonds. The average Bonchev–Trinajstić information content (AvgIpc) is 3.38. The van der Waals surface area contributed by atoms with E-state index in [1.165, 1.54) is 5.52 Å². The Labute approximate surface area is 170 Å². The van der Waals surface area contributed by atoms with Crippen molar-refractivity contribution in [1.82, 2.24) is 24.4 Å². The zero-order chi connectivity index (χ0) is 20.1. The van der Waals surface area contributed by atoms with Crippen LogP contribution in [0.3, 0.4) is 0 Å². The average molecular weight is 390 g/mol. The third kappa shape index (κ3) is 3.05. The lowest BCUT2D eigenvalue weighted by molar-refractivity contribution is 0.0776. The Hall–Kier alpha value is -2.96. The second-order valence-corrected chi connectivity index (χ2v) is 8.54. The summed E-state index contributed by atoms with van der Waals surface area (Å²) in [5.41, 5.74) is 3.49. The molecule has 3 aromatic rings. The first-order valence-electron chi connectivity index (χ1n) is 10.3. The quantitative estimate of drug-likeness (QED) is 0.688. The molecule has 29 heavy (non-hydrogen) atoms. The van der Waals surface area contributed by atoms with E-state index in [1.54, 1.807) is 12.4 Å². The first-order chi connectivity index (χ1) is 14.0. The van der Waals surface area contributed by atoms with Crippen molar-refractivity contribution >= 4 is 22.9 Å². The van der Waals surface area contributed by atoms with Crippen LogP contribution in [0, 0.1) is 18.8 Å². The minimum atomic E-state index is -0.00660. The standard InChI is InChI=1S/C22H26N6O/c1-14(2)28-20-7-5-4-6-18(20)25-22(28)27-12-16-10-26(11-17(16)13-27)21(29)19-9-23-15(3)8-24-19/h4-9,14,16-17H,10-13H2,1-3H3. The van der Waals surface area contributed by atoms with Crippen molar-refractivity contribution < 1.29 is 4.79 Å². The van der Waals surface area contributed by atoms with Crippen LogP contribution in [-0.4, -0.2) is 56.5 Å². The molecule has 0 N–H and O–H groups in total. The molecule has 2 fully saturated rings. The van der Waals surface area contributed by atoms with Crippen LogP contribution < -0.4 is 4.90 Å². The molecular formula is C22H26N6O. The highest BCUT2D eigenvalue weighted by molar-refractivity contribution is 5.92. The predicted molar refractivity (Wildman–Crippen MR) is 112 cm³/mol. The van der Waals surface area contributed by atoms with Gasteiger partial charge in [-0.2, -0.15) is 0 Å². The summed E-state index contributed by atoms with van der Waals surface area (Å²) in [7, 11) is 0. The summed E-state index contributed by atoms with van der Waals surface area (Å²) in [4.78, 5) is 30.6. The van der Waals surface area contributed by atoms with Gasteiger partial charge in [-0.3, -0.25) is 9.78 Å². The van der Waals surface area contributed by atoms with Crippen molar-refractivity contribution in [2.75, 3.05) is 31.1 Å². The van der Waals surface area contributed by atoms with E-state index in [0.29, 0.717) is 23.6 Å². The number of aromatic nitrogens is 4. The molecule has 0 bridgehead atoms. The summed E-state index contributed by atoms with van der Waals surface area (Å²) >= 11 is 0. The first-order valence-corrected chi connectivity index (χ1v) is 10.3. The highest BCUT2D eigenvalue weighted by Crippen LogP contribution is 2.36. The highest BCUT2D eigenvalue weighted by atomic mass is 16.2. The Bertz CT molecular complexity index is 1040. The Balaban J connectivity index is 1.34. The molecule has 2 aliphatic rings. The lowest BCUT2D eigenvalue weighted by Gasteiger charge is -2.24. The van der Waals surface area contributed by atoms with E-state index in [2.05, 4.69) is 51.5 Å². The van der Waals surface area contributed by atoms with Gasteiger partial charge in [0.15, 0.2) is 0 Å². The summed E-state index contributed by atoms with van der Waals surface area (Å²) < 4.78 is 2.33. The number of carbonyl (C=O) groups excluding carboxylic acids is 1. The van der Waals surface area contributed by atoms with Gasteiger partial charge in [-0.05, 0) is 32.9 Å². The maximum absolute atomic E-state index is 12.8. The van der Waals surface area contributed by atoms with E-state index in [9.17, 15) is 4.79 Å². The van der Waals surface area contributed by atoms with Crippen LogP contribution in [0.2, 0.25) is 0 Å². The third-order valence-corrected chi connectivity index (χ3v) is 6.15. The number of imidazole rings is 1. The van der Waals surface area contributed by atoms with Crippen molar-refractivity contribution in [2.45, 2.75) is 26.8 Å². The molecule has 0 aliphatic carbocycles. The normalized spacial score (nSPS) is 21.4. The molecule has 2 aromatic heterocycles. The lowest BCUT2D eigenvalue weighted by Crippen LogP contribution is -2.34. The Kier molecular flexibility index (Phi) is 4.26. The number of rotatable bonds is 3. The number of benzene rings is 1. The summed E-state index contributed by atoms with van der Waals surface area (Å²) in [5, 5.41) is 0. The number of likely N-dealkylation sites (tertiary alicyclic amines) is 1. The van der Waals surface area contributed by atoms with Crippen LogP contribution >= 0.6 is 0 Å². The zero-order valence-corrected chi connectivity index (χ0v) is 17.1. The van der Waals surface area contributed by atoms with Crippen LogP contribution in [0.1, 0.15) is 36.1 Å². The van der Waals surface area contributed by atoms with Crippen molar-refractivity contribution in [3.63, 3.8) is 0 Å². The minimum absolute atomic E-state index is 0.00660. The van der Waals surface area contributed by atoms with Crippen LogP contribution in [0.4, 0.5) is 5.95 Å². The van der Waals surface area contributed by atoms with Crippen LogP contribution in [0.15, 0.2) is 36.7 Å².